The van der Waals surface area contributed by atoms with Gasteiger partial charge in [-0.3, -0.25) is 0 Å². The maximum atomic E-state index is 10.3. The van der Waals surface area contributed by atoms with Crippen molar-refractivity contribution in [1.82, 2.24) is 0 Å². The summed E-state index contributed by atoms with van der Waals surface area (Å²) in [5.74, 6) is 10.1. The van der Waals surface area contributed by atoms with Gasteiger partial charge in [-0.25, -0.2) is 0 Å². The van der Waals surface area contributed by atoms with Crippen LogP contribution in [0.2, 0.25) is 0 Å². The smallest absolute Gasteiger partial charge is 0.872 e. The van der Waals surface area contributed by atoms with E-state index in [-0.39, 0.29) is 105 Å². The molecule has 0 unspecified atom stereocenters. The minimum absolute atomic E-state index is 0. The van der Waals surface area contributed by atoms with E-state index in [4.69, 9.17) is 42.1 Å². The fourth-order valence-electron chi connectivity index (χ4n) is 11.5. The van der Waals surface area contributed by atoms with E-state index in [9.17, 15) is 15.3 Å². The Morgan fingerprint density at radius 2 is 0.369 bits per heavy atom. The molecule has 0 heterocycles. The summed E-state index contributed by atoms with van der Waals surface area (Å²) in [6.07, 6.45) is 20.6. The minimum Gasteiger partial charge on any atom is -0.872 e. The quantitative estimate of drug-likeness (QED) is 0.0264. The van der Waals surface area contributed by atoms with Crippen LogP contribution in [0.5, 0.6) is 40.2 Å². The third-order valence-corrected chi connectivity index (χ3v) is 20.0. The summed E-state index contributed by atoms with van der Waals surface area (Å²) in [4.78, 5) is 0. The number of phenolic OH excluding ortho intramolecular Hbond substituents is 2. The first-order valence-corrected chi connectivity index (χ1v) is 50.3. The Bertz CT molecular complexity index is 4810. The van der Waals surface area contributed by atoms with Crippen LogP contribution in [0.3, 0.4) is 0 Å². The van der Waals surface area contributed by atoms with Crippen molar-refractivity contribution < 1.29 is 134 Å². The van der Waals surface area contributed by atoms with Gasteiger partial charge in [0.2, 0.25) is 0 Å². The Kier molecular flexibility index (Phi) is 108. The topological polar surface area (TPSA) is 160 Å². The molecule has 0 aliphatic carbocycles. The van der Waals surface area contributed by atoms with E-state index >= 15 is 0 Å². The molecule has 0 saturated carbocycles. The van der Waals surface area contributed by atoms with E-state index in [0.717, 1.165) is 59.8 Å². The summed E-state index contributed by atoms with van der Waals surface area (Å²) in [5, 5.41) is 28.7. The van der Waals surface area contributed by atoms with E-state index in [1.54, 1.807) is 72.9 Å². The normalized spacial score (nSPS) is 9.04. The molecule has 780 valence electrons. The first-order valence-electron chi connectivity index (χ1n) is 49.3. The molecule has 9 nitrogen and oxygen atoms in total. The molecule has 0 bridgehead atoms. The molecule has 0 spiro atoms. The molecule has 0 amide bonds. The van der Waals surface area contributed by atoms with Gasteiger partial charge in [0.15, 0.2) is 0 Å². The number of halogens is 2. The molecular weight excluding hydrogens is 1910 g/mol. The van der Waals surface area contributed by atoms with E-state index in [1.165, 1.54) is 62.2 Å². The zero-order chi connectivity index (χ0) is 107. The number of para-hydroxylation sites is 7. The largest absolute Gasteiger partial charge is 1.00 e. The zero-order valence-electron chi connectivity index (χ0n) is 92.6. The van der Waals surface area contributed by atoms with Crippen LogP contribution in [-0.4, -0.2) is 59.4 Å². The number of ether oxygens (including phenoxy) is 4. The van der Waals surface area contributed by atoms with Gasteiger partial charge >= 0.3 is 88.7 Å². The predicted molar refractivity (Wildman–Crippen MR) is 636 cm³/mol. The van der Waals surface area contributed by atoms with E-state index < -0.39 is 0 Å². The van der Waals surface area contributed by atoms with Crippen LogP contribution >= 0.6 is 23.2 Å². The molecule has 0 fully saturated rings. The van der Waals surface area contributed by atoms with Gasteiger partial charge in [0.05, 0.1) is 0 Å². The van der Waals surface area contributed by atoms with Crippen molar-refractivity contribution in [2.75, 3.05) is 38.2 Å². The van der Waals surface area contributed by atoms with Crippen LogP contribution in [-0.2, 0) is 25.7 Å². The third kappa shape index (κ3) is 85.0. The molecule has 0 atom stereocenters. The van der Waals surface area contributed by atoms with Gasteiger partial charge in [-0.15, -0.1) is 68.4 Å². The van der Waals surface area contributed by atoms with Gasteiger partial charge in [0.1, 0.15) is 60.9 Å². The Morgan fingerprint density at radius 3 is 0.523 bits per heavy atom. The van der Waals surface area contributed by atoms with Gasteiger partial charge in [0.25, 0.3) is 0 Å². The second-order valence-electron chi connectivity index (χ2n) is 33.6. The Labute approximate surface area is 978 Å². The van der Waals surface area contributed by atoms with E-state index in [2.05, 4.69) is 333 Å². The summed E-state index contributed by atoms with van der Waals surface area (Å²) in [5.41, 5.74) is 14.1. The number of hydrogen-bond donors (Lipinski definition) is 2. The SMILES string of the molecule is C=CCCl.C=CCCl.C=CCOc1ccccc1.C=CCOc1ccccc1.C=CCOc1ccccc1CC=C.C=CCOc1ccccc1CC=C.C=CCc1ccccc1O.C=CCc1ccccc1O.CC(C)c1ccccc1.CC(C)c1ccccc1.CC(C)c1ccccc1.CC(C)c1ccccc1.CC(C)c1ccccc1.CC(C)c1ccccc1.CC(C)c1ccccc1.[Na+].[Na+].[Na+].[O-]c1ccccc1.[OH-].[OH-]. The average Bonchev–Trinajstić information content (AvgIpc) is 0.897. The standard InChI is InChI=1S/2C12H14O.4C9H10O.7C9H12.C6H6O.2C3H5Cl.3Na.2H2O/c2*1-3-7-11-8-5-6-9-12(11)13-10-4-2;2*1-2-8-10-9-6-4-3-5-7-9;2*1-2-5-8-6-3-4-7-9(8)10;7*1-8(2)9-6-4-3-5-7-9;7-6-4-2-1-3-5-6;2*1-2-3-4;;;;;/h2*3-6,8-9H,1-2,7,10H2;2*2-7H,1,8H2;2*2-4,6-7,10H,1,5H2;7*3-8H,1-2H3;1-5,7H;2*2H,1,3H2;;;;2*1H2/q;;;;;;;;;;;;;;;;3*+1;;/p-3. The van der Waals surface area contributed by atoms with Gasteiger partial charge in [0, 0.05) is 11.8 Å². The molecule has 0 aliphatic heterocycles. The van der Waals surface area contributed by atoms with E-state index in [0.29, 0.717) is 91.1 Å². The fourth-order valence-corrected chi connectivity index (χ4v) is 11.5. The molecule has 0 radical (unpaired) electrons. The molecule has 14 aromatic rings. The molecule has 4 N–H and O–H groups in total. The average molecular weight is 2080 g/mol. The summed E-state index contributed by atoms with van der Waals surface area (Å²) in [7, 11) is 0. The second-order valence-corrected chi connectivity index (χ2v) is 34.2. The van der Waals surface area contributed by atoms with Crippen molar-refractivity contribution in [2.24, 2.45) is 0 Å². The number of benzene rings is 14. The van der Waals surface area contributed by atoms with Crippen molar-refractivity contribution in [2.45, 2.75) is 164 Å². The summed E-state index contributed by atoms with van der Waals surface area (Å²) < 4.78 is 21.4. The first kappa shape index (κ1) is 151. The number of hydrogen-bond acceptors (Lipinski definition) is 9. The maximum Gasteiger partial charge on any atom is 1.00 e. The van der Waals surface area contributed by atoms with Crippen molar-refractivity contribution in [1.29, 1.82) is 0 Å². The molecule has 149 heavy (non-hydrogen) atoms. The van der Waals surface area contributed by atoms with Crippen molar-refractivity contribution in [3.05, 3.63) is 588 Å². The molecule has 14 aromatic carbocycles. The summed E-state index contributed by atoms with van der Waals surface area (Å²) in [6.45, 7) is 68.7. The third-order valence-electron chi connectivity index (χ3n) is 19.5. The molecule has 14 rings (SSSR count). The zero-order valence-corrected chi connectivity index (χ0v) is 100. The van der Waals surface area contributed by atoms with Crippen LogP contribution in [0.1, 0.15) is 200 Å². The second kappa shape index (κ2) is 106. The number of alkyl halides is 2. The van der Waals surface area contributed by atoms with Crippen LogP contribution in [0.4, 0.5) is 0 Å². The fraction of sp³-hybridized carbons (Fsp3) is 0.230. The van der Waals surface area contributed by atoms with Crippen LogP contribution in [0.15, 0.2) is 527 Å². The van der Waals surface area contributed by atoms with Gasteiger partial charge < -0.3 is 45.2 Å². The Balaban J connectivity index is -0.000000290. The molecule has 0 aromatic heterocycles. The van der Waals surface area contributed by atoms with Crippen LogP contribution in [0, 0.1) is 0 Å². The first-order chi connectivity index (χ1) is 69.7. The van der Waals surface area contributed by atoms with Gasteiger partial charge in [-0.2, -0.15) is 0 Å². The van der Waals surface area contributed by atoms with Crippen molar-refractivity contribution >= 4 is 23.2 Å². The van der Waals surface area contributed by atoms with Crippen molar-refractivity contribution in [3.8, 4) is 40.2 Å². The summed E-state index contributed by atoms with van der Waals surface area (Å²) in [6, 6.07) is 132. The number of rotatable bonds is 29. The van der Waals surface area contributed by atoms with Crippen molar-refractivity contribution in [3.63, 3.8) is 0 Å². The number of aromatic hydroxyl groups is 2. The molecular formula is C135H169Cl2Na3O9. The van der Waals surface area contributed by atoms with Crippen LogP contribution < -0.4 is 113 Å². The maximum absolute atomic E-state index is 10.3. The van der Waals surface area contributed by atoms with Gasteiger partial charge in [-0.1, -0.05) is 536 Å². The molecule has 14 heteroatoms. The molecule has 0 saturated heterocycles. The van der Waals surface area contributed by atoms with Crippen LogP contribution in [0.25, 0.3) is 0 Å². The Hall–Kier alpha value is -11.4. The predicted octanol–water partition coefficient (Wildman–Crippen LogP) is 28.6. The molecule has 0 aliphatic rings. The number of phenols is 2. The minimum atomic E-state index is 0. The summed E-state index contributed by atoms with van der Waals surface area (Å²) >= 11 is 10.1. The Morgan fingerprint density at radius 1 is 0.215 bits per heavy atom. The number of allylic oxidation sites excluding steroid dienone is 6. The van der Waals surface area contributed by atoms with Gasteiger partial charge in [-0.05, 0) is 177 Å². The monoisotopic (exact) mass is 2070 g/mol. The van der Waals surface area contributed by atoms with E-state index in [1.807, 2.05) is 206 Å².